The van der Waals surface area contributed by atoms with Crippen molar-refractivity contribution in [3.05, 3.63) is 26.6 Å². The van der Waals surface area contributed by atoms with E-state index in [-0.39, 0.29) is 17.7 Å². The van der Waals surface area contributed by atoms with Crippen LogP contribution in [-0.4, -0.2) is 43.0 Å². The van der Waals surface area contributed by atoms with Crippen LogP contribution in [0.5, 0.6) is 0 Å². The first-order valence-electron chi connectivity index (χ1n) is 7.07. The summed E-state index contributed by atoms with van der Waals surface area (Å²) in [4.78, 5) is 26.5. The van der Waals surface area contributed by atoms with Crippen molar-refractivity contribution in [2.24, 2.45) is 5.92 Å². The van der Waals surface area contributed by atoms with Crippen LogP contribution in [0.1, 0.15) is 24.2 Å². The smallest absolute Gasteiger partial charge is 0.256 e. The Balaban J connectivity index is 2.35. The molecule has 0 aromatic heterocycles. The van der Waals surface area contributed by atoms with Crippen LogP contribution in [0.3, 0.4) is 0 Å². The van der Waals surface area contributed by atoms with Gasteiger partial charge in [-0.15, -0.1) is 0 Å². The zero-order valence-electron chi connectivity index (χ0n) is 12.5. The van der Waals surface area contributed by atoms with E-state index in [9.17, 15) is 9.59 Å². The summed E-state index contributed by atoms with van der Waals surface area (Å²) in [6.07, 6.45) is 0. The third-order valence-electron chi connectivity index (χ3n) is 3.36. The van der Waals surface area contributed by atoms with Crippen molar-refractivity contribution in [1.29, 1.82) is 0 Å². The lowest BCUT2D eigenvalue weighted by atomic mass is 10.1. The lowest BCUT2D eigenvalue weighted by molar-refractivity contribution is -0.118. The van der Waals surface area contributed by atoms with E-state index in [0.29, 0.717) is 42.0 Å². The van der Waals surface area contributed by atoms with Gasteiger partial charge in [0.15, 0.2) is 0 Å². The normalized spacial score (nSPS) is 15.0. The van der Waals surface area contributed by atoms with E-state index in [1.807, 2.05) is 19.9 Å². The van der Waals surface area contributed by atoms with Crippen molar-refractivity contribution >= 4 is 49.4 Å². The van der Waals surface area contributed by atoms with Gasteiger partial charge in [0, 0.05) is 28.0 Å². The number of amides is 2. The van der Waals surface area contributed by atoms with Gasteiger partial charge >= 0.3 is 0 Å². The zero-order valence-corrected chi connectivity index (χ0v) is 15.7. The molecule has 0 unspecified atom stereocenters. The molecule has 2 amide bonds. The van der Waals surface area contributed by atoms with Gasteiger partial charge in [0.05, 0.1) is 24.5 Å². The van der Waals surface area contributed by atoms with Crippen molar-refractivity contribution in [3.8, 4) is 0 Å². The number of hydrogen-bond acceptors (Lipinski definition) is 3. The van der Waals surface area contributed by atoms with E-state index in [1.165, 1.54) is 0 Å². The average Bonchev–Trinajstić information content (AvgIpc) is 2.49. The maximum atomic E-state index is 12.8. The quantitative estimate of drug-likeness (QED) is 0.795. The topological polar surface area (TPSA) is 58.6 Å². The summed E-state index contributed by atoms with van der Waals surface area (Å²) in [7, 11) is 0. The molecule has 0 saturated carbocycles. The molecule has 1 fully saturated rings. The van der Waals surface area contributed by atoms with Gasteiger partial charge in [-0.05, 0) is 28.1 Å². The number of morpholine rings is 1. The fourth-order valence-corrected chi connectivity index (χ4v) is 3.40. The highest BCUT2D eigenvalue weighted by Gasteiger charge is 2.24. The minimum Gasteiger partial charge on any atom is -0.378 e. The van der Waals surface area contributed by atoms with Gasteiger partial charge in [0.25, 0.3) is 5.91 Å². The van der Waals surface area contributed by atoms with Gasteiger partial charge in [-0.25, -0.2) is 0 Å². The molecule has 1 heterocycles. The Morgan fingerprint density at radius 1 is 1.23 bits per heavy atom. The lowest BCUT2D eigenvalue weighted by Gasteiger charge is -2.28. The number of hydrogen-bond donors (Lipinski definition) is 1. The van der Waals surface area contributed by atoms with Crippen LogP contribution in [-0.2, 0) is 9.53 Å². The monoisotopic (exact) mass is 432 g/mol. The summed E-state index contributed by atoms with van der Waals surface area (Å²) in [5, 5.41) is 2.84. The summed E-state index contributed by atoms with van der Waals surface area (Å²) in [5.41, 5.74) is 0.982. The van der Waals surface area contributed by atoms with Crippen LogP contribution < -0.4 is 5.32 Å². The number of ether oxygens (including phenoxy) is 1. The molecule has 5 nitrogen and oxygen atoms in total. The van der Waals surface area contributed by atoms with Crippen LogP contribution in [0.4, 0.5) is 5.69 Å². The Hall–Kier alpha value is -0.920. The number of benzene rings is 1. The van der Waals surface area contributed by atoms with Gasteiger partial charge in [-0.2, -0.15) is 0 Å². The Morgan fingerprint density at radius 3 is 2.45 bits per heavy atom. The number of nitrogens with zero attached hydrogens (tertiary/aromatic N) is 1. The Kier molecular flexibility index (Phi) is 6.00. The highest BCUT2D eigenvalue weighted by atomic mass is 79.9. The molecule has 0 spiro atoms. The standard InChI is InChI=1S/C15H18Br2N2O3/c1-9(2)14(20)18-13-11(7-10(16)8-12(13)17)15(21)19-3-5-22-6-4-19/h7-9H,3-6H2,1-2H3,(H,18,20). The molecule has 2 rings (SSSR count). The van der Waals surface area contributed by atoms with Crippen LogP contribution in [0.15, 0.2) is 21.1 Å². The predicted octanol–water partition coefficient (Wildman–Crippen LogP) is 3.28. The van der Waals surface area contributed by atoms with E-state index in [0.717, 1.165) is 4.47 Å². The molecule has 1 N–H and O–H groups in total. The third-order valence-corrected chi connectivity index (χ3v) is 4.44. The SMILES string of the molecule is CC(C)C(=O)Nc1c(Br)cc(Br)cc1C(=O)N1CCOCC1. The van der Waals surface area contributed by atoms with Crippen LogP contribution in [0.25, 0.3) is 0 Å². The van der Waals surface area contributed by atoms with Gasteiger partial charge in [0.1, 0.15) is 0 Å². The van der Waals surface area contributed by atoms with E-state index in [2.05, 4.69) is 37.2 Å². The molecule has 1 aliphatic heterocycles. The maximum absolute atomic E-state index is 12.8. The molecule has 0 aliphatic carbocycles. The van der Waals surface area contributed by atoms with E-state index < -0.39 is 0 Å². The predicted molar refractivity (Wildman–Crippen MR) is 92.0 cm³/mol. The molecular weight excluding hydrogens is 416 g/mol. The second-order valence-electron chi connectivity index (χ2n) is 5.36. The first kappa shape index (κ1) is 17.4. The molecule has 120 valence electrons. The minimum atomic E-state index is -0.165. The minimum absolute atomic E-state index is 0.107. The molecule has 1 aromatic rings. The molecule has 22 heavy (non-hydrogen) atoms. The van der Waals surface area contributed by atoms with Crippen molar-refractivity contribution < 1.29 is 14.3 Å². The fraction of sp³-hybridized carbons (Fsp3) is 0.467. The largest absolute Gasteiger partial charge is 0.378 e. The van der Waals surface area contributed by atoms with Crippen molar-refractivity contribution in [2.75, 3.05) is 31.6 Å². The number of rotatable bonds is 3. The number of halogens is 2. The first-order chi connectivity index (χ1) is 10.4. The summed E-state index contributed by atoms with van der Waals surface area (Å²) in [6, 6.07) is 3.55. The number of anilines is 1. The molecule has 0 bridgehead atoms. The molecule has 0 atom stereocenters. The molecule has 0 radical (unpaired) electrons. The Bertz CT molecular complexity index is 584. The Morgan fingerprint density at radius 2 is 1.86 bits per heavy atom. The molecule has 7 heteroatoms. The van der Waals surface area contributed by atoms with Gasteiger partial charge in [0.2, 0.25) is 5.91 Å². The average molecular weight is 434 g/mol. The highest BCUT2D eigenvalue weighted by Crippen LogP contribution is 2.32. The molecule has 1 aliphatic rings. The molecule has 1 aromatic carbocycles. The summed E-state index contributed by atoms with van der Waals surface area (Å²) >= 11 is 6.82. The molecular formula is C15H18Br2N2O3. The van der Waals surface area contributed by atoms with Gasteiger partial charge in [-0.3, -0.25) is 9.59 Å². The van der Waals surface area contributed by atoms with E-state index >= 15 is 0 Å². The lowest BCUT2D eigenvalue weighted by Crippen LogP contribution is -2.41. The van der Waals surface area contributed by atoms with Crippen molar-refractivity contribution in [2.45, 2.75) is 13.8 Å². The van der Waals surface area contributed by atoms with E-state index in [4.69, 9.17) is 4.74 Å². The highest BCUT2D eigenvalue weighted by molar-refractivity contribution is 9.11. The second-order valence-corrected chi connectivity index (χ2v) is 7.13. The van der Waals surface area contributed by atoms with Gasteiger partial charge in [-0.1, -0.05) is 29.8 Å². The first-order valence-corrected chi connectivity index (χ1v) is 8.65. The fourth-order valence-electron chi connectivity index (χ4n) is 2.07. The Labute approximate surface area is 146 Å². The summed E-state index contributed by atoms with van der Waals surface area (Å²) < 4.78 is 6.73. The summed E-state index contributed by atoms with van der Waals surface area (Å²) in [6.45, 7) is 5.81. The van der Waals surface area contributed by atoms with Crippen molar-refractivity contribution in [3.63, 3.8) is 0 Å². The number of carbonyl (C=O) groups is 2. The van der Waals surface area contributed by atoms with Crippen molar-refractivity contribution in [1.82, 2.24) is 4.90 Å². The zero-order chi connectivity index (χ0) is 16.3. The maximum Gasteiger partial charge on any atom is 0.256 e. The van der Waals surface area contributed by atoms with Gasteiger partial charge < -0.3 is 15.0 Å². The molecule has 1 saturated heterocycles. The number of carbonyl (C=O) groups excluding carboxylic acids is 2. The summed E-state index contributed by atoms with van der Waals surface area (Å²) in [5.74, 6) is -0.398. The second kappa shape index (κ2) is 7.57. The van der Waals surface area contributed by atoms with Crippen LogP contribution in [0.2, 0.25) is 0 Å². The van der Waals surface area contributed by atoms with Crippen LogP contribution >= 0.6 is 31.9 Å². The van der Waals surface area contributed by atoms with E-state index in [1.54, 1.807) is 11.0 Å². The van der Waals surface area contributed by atoms with Crippen LogP contribution in [0, 0.1) is 5.92 Å². The third kappa shape index (κ3) is 4.08. The number of nitrogens with one attached hydrogen (secondary N) is 1.